The summed E-state index contributed by atoms with van der Waals surface area (Å²) in [5, 5.41) is 0. The summed E-state index contributed by atoms with van der Waals surface area (Å²) in [6, 6.07) is 62.1. The van der Waals surface area contributed by atoms with E-state index in [9.17, 15) is 0 Å². The Morgan fingerprint density at radius 1 is 0.440 bits per heavy atom. The first-order valence-electron chi connectivity index (χ1n) is 28.8. The second kappa shape index (κ2) is 22.3. The highest BCUT2D eigenvalue weighted by atomic mass is 79.9. The van der Waals surface area contributed by atoms with Crippen LogP contribution in [0, 0.1) is 29.6 Å². The number of rotatable bonds is 6. The smallest absolute Gasteiger partial charge is 0.0533 e. The monoisotopic (exact) mass is 1470 g/mol. The molecule has 414 valence electrons. The van der Waals surface area contributed by atoms with Gasteiger partial charge in [-0.3, -0.25) is 0 Å². The number of hydrogen-bond acceptors (Lipinski definition) is 0. The highest BCUT2D eigenvalue weighted by Gasteiger charge is 2.50. The molecule has 0 saturated carbocycles. The van der Waals surface area contributed by atoms with E-state index in [0.29, 0.717) is 0 Å². The summed E-state index contributed by atoms with van der Waals surface area (Å²) in [4.78, 5) is 0. The molecule has 0 nitrogen and oxygen atoms in total. The van der Waals surface area contributed by atoms with Crippen LogP contribution in [-0.2, 0) is 21.7 Å². The van der Waals surface area contributed by atoms with Crippen LogP contribution in [0.5, 0.6) is 0 Å². The first kappa shape index (κ1) is 57.5. The highest BCUT2D eigenvalue weighted by Crippen LogP contribution is 2.60. The molecule has 13 rings (SSSR count). The van der Waals surface area contributed by atoms with Gasteiger partial charge in [0.2, 0.25) is 0 Å². The van der Waals surface area contributed by atoms with Gasteiger partial charge in [0, 0.05) is 60.3 Å². The zero-order valence-electron chi connectivity index (χ0n) is 47.8. The standard InChI is InChI=1S/C78H60Br6/c1-75(2)45-78(6,56-35-53(74(84)69(83)43-56)29-27-47-19-11-7-12-20-47)73-63(75)37-55(40-68(73)82)60-36-52-31-30-51-32-34-58(70(50-25-17-10-18-26-50)71(51)62(52)44-61(60)49-23-15-9-16-24-49)54-38-64-72(67(81)39-54)76(3,4)46-77(64,5)57-41-65(79)59(66(80)42-57)33-28-48-21-13-8-14-22-48/h7-26,30-32,35,37-43,52H,34,36,44-46H2,1-6H3. The predicted molar refractivity (Wildman–Crippen MR) is 373 cm³/mol. The second-order valence-corrected chi connectivity index (χ2v) is 30.1. The second-order valence-electron chi connectivity index (χ2n) is 25.1. The normalized spacial score (nSPS) is 20.7. The van der Waals surface area contributed by atoms with Crippen molar-refractivity contribution < 1.29 is 0 Å². The third-order valence-corrected chi connectivity index (χ3v) is 23.1. The molecule has 6 heteroatoms. The molecule has 0 fully saturated rings. The first-order chi connectivity index (χ1) is 40.3. The molecular weight excluding hydrogens is 1420 g/mol. The third kappa shape index (κ3) is 10.2. The Balaban J connectivity index is 0.938. The molecule has 3 atom stereocenters. The van der Waals surface area contributed by atoms with Gasteiger partial charge in [0.15, 0.2) is 0 Å². The van der Waals surface area contributed by atoms with Gasteiger partial charge in [-0.25, -0.2) is 0 Å². The molecule has 0 radical (unpaired) electrons. The molecule has 0 N–H and O–H groups in total. The van der Waals surface area contributed by atoms with Crippen LogP contribution in [0.4, 0.5) is 0 Å². The maximum Gasteiger partial charge on any atom is 0.0533 e. The number of benzene rings is 8. The van der Waals surface area contributed by atoms with E-state index >= 15 is 0 Å². The van der Waals surface area contributed by atoms with Gasteiger partial charge in [0.05, 0.1) is 5.56 Å². The molecule has 0 aromatic heterocycles. The van der Waals surface area contributed by atoms with Crippen molar-refractivity contribution in [1.29, 1.82) is 0 Å². The van der Waals surface area contributed by atoms with E-state index in [4.69, 9.17) is 0 Å². The number of halogens is 6. The average molecular weight is 1480 g/mol. The van der Waals surface area contributed by atoms with Crippen molar-refractivity contribution in [3.8, 4) is 23.7 Å². The van der Waals surface area contributed by atoms with E-state index in [0.717, 1.165) is 76.7 Å². The van der Waals surface area contributed by atoms with E-state index in [1.807, 2.05) is 36.4 Å². The Labute approximate surface area is 547 Å². The van der Waals surface area contributed by atoms with E-state index < -0.39 is 0 Å². The first-order valence-corrected chi connectivity index (χ1v) is 33.6. The summed E-state index contributed by atoms with van der Waals surface area (Å²) in [5.74, 6) is 14.0. The minimum atomic E-state index is -0.287. The van der Waals surface area contributed by atoms with Crippen molar-refractivity contribution in [3.05, 3.63) is 310 Å². The molecule has 0 bridgehead atoms. The van der Waals surface area contributed by atoms with Crippen LogP contribution in [0.1, 0.15) is 152 Å². The van der Waals surface area contributed by atoms with Crippen LogP contribution in [0.2, 0.25) is 0 Å². The van der Waals surface area contributed by atoms with Gasteiger partial charge in [-0.15, -0.1) is 0 Å². The maximum atomic E-state index is 4.31. The van der Waals surface area contributed by atoms with Crippen LogP contribution >= 0.6 is 95.6 Å². The van der Waals surface area contributed by atoms with Crippen LogP contribution in [0.15, 0.2) is 232 Å². The average Bonchev–Trinajstić information content (AvgIpc) is 1.59. The highest BCUT2D eigenvalue weighted by molar-refractivity contribution is 9.13. The SMILES string of the molecule is CC1(C)CC(C)(c2cc(Br)c(Br)c(C#Cc3ccccc3)c2)c2c(Br)cc(C3=C(c4ccccc4)CC4=C5C(=CCC(c6cc(Br)c7c(c6)C(C)(c6cc(Br)c(C#Cc8ccccc8)c(Br)c6)CC7(C)C)=C5c5ccccc5)C=CC4C3)cc21. The van der Waals surface area contributed by atoms with Gasteiger partial charge in [0.1, 0.15) is 0 Å². The van der Waals surface area contributed by atoms with E-state index in [2.05, 4.69) is 312 Å². The lowest BCUT2D eigenvalue weighted by Crippen LogP contribution is -2.24. The van der Waals surface area contributed by atoms with E-state index in [1.54, 1.807) is 0 Å². The quantitative estimate of drug-likeness (QED) is 0.146. The van der Waals surface area contributed by atoms with Crippen molar-refractivity contribution in [2.75, 3.05) is 0 Å². The Kier molecular flexibility index (Phi) is 15.3. The zero-order chi connectivity index (χ0) is 58.5. The summed E-state index contributed by atoms with van der Waals surface area (Å²) in [7, 11) is 0. The third-order valence-electron chi connectivity index (χ3n) is 18.6. The molecule has 5 aliphatic carbocycles. The minimum Gasteiger partial charge on any atom is -0.0764 e. The molecule has 0 saturated heterocycles. The summed E-state index contributed by atoms with van der Waals surface area (Å²) < 4.78 is 6.29. The molecule has 0 spiro atoms. The molecule has 0 heterocycles. The Morgan fingerprint density at radius 3 is 1.62 bits per heavy atom. The fraction of sp³-hybridized carbons (Fsp3) is 0.205. The minimum absolute atomic E-state index is 0.0857. The van der Waals surface area contributed by atoms with Crippen LogP contribution < -0.4 is 0 Å². The lowest BCUT2D eigenvalue weighted by molar-refractivity contribution is 0.424. The molecule has 84 heavy (non-hydrogen) atoms. The van der Waals surface area contributed by atoms with Crippen molar-refractivity contribution in [1.82, 2.24) is 0 Å². The fourth-order valence-corrected chi connectivity index (χ4v) is 19.0. The fourth-order valence-electron chi connectivity index (χ4n) is 14.9. The molecular formula is C78H60Br6. The number of allylic oxidation sites excluding steroid dienone is 10. The van der Waals surface area contributed by atoms with Gasteiger partial charge in [-0.2, -0.15) is 0 Å². The zero-order valence-corrected chi connectivity index (χ0v) is 57.3. The van der Waals surface area contributed by atoms with Crippen molar-refractivity contribution in [2.45, 2.75) is 95.3 Å². The predicted octanol–water partition coefficient (Wildman–Crippen LogP) is 23.2. The lowest BCUT2D eigenvalue weighted by Gasteiger charge is -2.37. The van der Waals surface area contributed by atoms with Crippen molar-refractivity contribution in [3.63, 3.8) is 0 Å². The molecule has 8 aromatic carbocycles. The van der Waals surface area contributed by atoms with Crippen molar-refractivity contribution in [2.24, 2.45) is 5.92 Å². The van der Waals surface area contributed by atoms with E-state index in [1.165, 1.54) is 99.1 Å². The molecule has 0 amide bonds. The topological polar surface area (TPSA) is 0 Å². The Hall–Kier alpha value is -5.54. The lowest BCUT2D eigenvalue weighted by atomic mass is 9.67. The van der Waals surface area contributed by atoms with Crippen molar-refractivity contribution >= 4 is 118 Å². The van der Waals surface area contributed by atoms with Gasteiger partial charge >= 0.3 is 0 Å². The summed E-state index contributed by atoms with van der Waals surface area (Å²) >= 11 is 24.4. The van der Waals surface area contributed by atoms with Crippen LogP contribution in [0.3, 0.4) is 0 Å². The van der Waals surface area contributed by atoms with Gasteiger partial charge < -0.3 is 0 Å². The van der Waals surface area contributed by atoms with Crippen LogP contribution in [-0.4, -0.2) is 0 Å². The molecule has 5 aliphatic rings. The van der Waals surface area contributed by atoms with Gasteiger partial charge in [0.25, 0.3) is 0 Å². The molecule has 0 aliphatic heterocycles. The number of hydrogen-bond donors (Lipinski definition) is 0. The largest absolute Gasteiger partial charge is 0.0764 e. The molecule has 8 aromatic rings. The summed E-state index contributed by atoms with van der Waals surface area (Å²) in [6.45, 7) is 14.6. The van der Waals surface area contributed by atoms with Crippen LogP contribution in [0.25, 0.3) is 22.3 Å². The van der Waals surface area contributed by atoms with Gasteiger partial charge in [-0.05, 0) is 256 Å². The number of fused-ring (bicyclic) bond motifs is 4. The van der Waals surface area contributed by atoms with E-state index in [-0.39, 0.29) is 27.6 Å². The maximum absolute atomic E-state index is 4.31. The summed E-state index contributed by atoms with van der Waals surface area (Å²) in [5.41, 5.74) is 26.0. The molecule has 3 unspecified atom stereocenters. The Bertz CT molecular complexity index is 4340. The Morgan fingerprint density at radius 2 is 0.976 bits per heavy atom. The van der Waals surface area contributed by atoms with Gasteiger partial charge in [-0.1, -0.05) is 230 Å². The summed E-state index contributed by atoms with van der Waals surface area (Å²) in [6.07, 6.45) is 12.0.